The molecule has 0 fully saturated rings. The van der Waals surface area contributed by atoms with Crippen molar-refractivity contribution in [2.45, 2.75) is 25.8 Å². The molecular weight excluding hydrogens is 214 g/mol. The summed E-state index contributed by atoms with van der Waals surface area (Å²) in [7, 11) is 1.68. The molecule has 0 saturated carbocycles. The average molecular weight is 233 g/mol. The van der Waals surface area contributed by atoms with E-state index in [9.17, 15) is 0 Å². The lowest BCUT2D eigenvalue weighted by atomic mass is 9.95. The van der Waals surface area contributed by atoms with Gasteiger partial charge in [-0.05, 0) is 42.5 Å². The van der Waals surface area contributed by atoms with E-state index < -0.39 is 0 Å². The maximum absolute atomic E-state index is 6.24. The minimum Gasteiger partial charge on any atom is -0.501 e. The van der Waals surface area contributed by atoms with Crippen LogP contribution in [0.3, 0.4) is 0 Å². The summed E-state index contributed by atoms with van der Waals surface area (Å²) in [5, 5.41) is 0. The third-order valence-corrected chi connectivity index (χ3v) is 3.15. The summed E-state index contributed by atoms with van der Waals surface area (Å²) in [6.45, 7) is 2.82. The molecule has 0 spiro atoms. The standard InChI is InChI=1S/C14H19NO2/c1-10-5-6-11(8-13(10)16-2)14(15)12-4-3-7-17-9-12/h5-6,8-9,14H,3-4,7,15H2,1-2H3. The van der Waals surface area contributed by atoms with Crippen LogP contribution in [-0.2, 0) is 4.74 Å². The molecule has 0 bridgehead atoms. The zero-order chi connectivity index (χ0) is 12.3. The molecule has 2 N–H and O–H groups in total. The SMILES string of the molecule is COc1cc(C(N)C2=COCCC2)ccc1C. The first-order valence-electron chi connectivity index (χ1n) is 5.93. The van der Waals surface area contributed by atoms with Gasteiger partial charge in [0.25, 0.3) is 0 Å². The summed E-state index contributed by atoms with van der Waals surface area (Å²) < 4.78 is 10.6. The lowest BCUT2D eigenvalue weighted by Gasteiger charge is -2.20. The summed E-state index contributed by atoms with van der Waals surface area (Å²) in [4.78, 5) is 0. The molecule has 92 valence electrons. The number of benzene rings is 1. The van der Waals surface area contributed by atoms with Gasteiger partial charge in [-0.25, -0.2) is 0 Å². The second-order valence-electron chi connectivity index (χ2n) is 4.37. The second-order valence-corrected chi connectivity index (χ2v) is 4.37. The molecule has 0 saturated heterocycles. The van der Waals surface area contributed by atoms with Crippen LogP contribution in [0, 0.1) is 6.92 Å². The maximum Gasteiger partial charge on any atom is 0.122 e. The van der Waals surface area contributed by atoms with Crippen LogP contribution in [0.1, 0.15) is 30.0 Å². The van der Waals surface area contributed by atoms with Crippen molar-refractivity contribution in [2.24, 2.45) is 5.73 Å². The Bertz CT molecular complexity index is 426. The van der Waals surface area contributed by atoms with Gasteiger partial charge in [0.2, 0.25) is 0 Å². The van der Waals surface area contributed by atoms with Crippen molar-refractivity contribution in [3.63, 3.8) is 0 Å². The summed E-state index contributed by atoms with van der Waals surface area (Å²) in [5.74, 6) is 0.885. The van der Waals surface area contributed by atoms with Gasteiger partial charge >= 0.3 is 0 Å². The van der Waals surface area contributed by atoms with Gasteiger partial charge in [-0.1, -0.05) is 12.1 Å². The fraction of sp³-hybridized carbons (Fsp3) is 0.429. The highest BCUT2D eigenvalue weighted by Gasteiger charge is 2.16. The zero-order valence-corrected chi connectivity index (χ0v) is 10.4. The van der Waals surface area contributed by atoms with Gasteiger partial charge in [0.1, 0.15) is 5.75 Å². The molecular formula is C14H19NO2. The third kappa shape index (κ3) is 2.61. The quantitative estimate of drug-likeness (QED) is 0.873. The number of nitrogens with two attached hydrogens (primary N) is 1. The van der Waals surface area contributed by atoms with Gasteiger partial charge in [-0.2, -0.15) is 0 Å². The normalized spacial score (nSPS) is 17.0. The van der Waals surface area contributed by atoms with Crippen LogP contribution >= 0.6 is 0 Å². The Hall–Kier alpha value is -1.48. The molecule has 1 atom stereocenters. The van der Waals surface area contributed by atoms with Crippen LogP contribution in [0.4, 0.5) is 0 Å². The number of aryl methyl sites for hydroxylation is 1. The van der Waals surface area contributed by atoms with E-state index in [1.165, 1.54) is 0 Å². The first-order chi connectivity index (χ1) is 8.22. The van der Waals surface area contributed by atoms with E-state index in [-0.39, 0.29) is 6.04 Å². The maximum atomic E-state index is 6.24. The van der Waals surface area contributed by atoms with E-state index in [0.717, 1.165) is 41.9 Å². The molecule has 1 aliphatic rings. The molecule has 17 heavy (non-hydrogen) atoms. The molecule has 1 heterocycles. The molecule has 0 amide bonds. The first-order valence-corrected chi connectivity index (χ1v) is 5.93. The molecule has 0 radical (unpaired) electrons. The number of ether oxygens (including phenoxy) is 2. The molecule has 1 aliphatic heterocycles. The molecule has 1 aromatic rings. The predicted octanol–water partition coefficient (Wildman–Crippen LogP) is 2.70. The summed E-state index contributed by atoms with van der Waals surface area (Å²) in [6, 6.07) is 6.01. The smallest absolute Gasteiger partial charge is 0.122 e. The molecule has 3 heteroatoms. The Balaban J connectivity index is 2.24. The number of methoxy groups -OCH3 is 1. The summed E-state index contributed by atoms with van der Waals surface area (Å²) in [6.07, 6.45) is 3.86. The fourth-order valence-electron chi connectivity index (χ4n) is 2.06. The van der Waals surface area contributed by atoms with Gasteiger partial charge < -0.3 is 15.2 Å². The molecule has 0 aromatic heterocycles. The molecule has 3 nitrogen and oxygen atoms in total. The van der Waals surface area contributed by atoms with Crippen LogP contribution in [0.2, 0.25) is 0 Å². The number of hydrogen-bond acceptors (Lipinski definition) is 3. The van der Waals surface area contributed by atoms with Gasteiger partial charge in [0, 0.05) is 0 Å². The average Bonchev–Trinajstić information content (AvgIpc) is 2.39. The van der Waals surface area contributed by atoms with E-state index in [0.29, 0.717) is 0 Å². The van der Waals surface area contributed by atoms with Crippen molar-refractivity contribution in [2.75, 3.05) is 13.7 Å². The Morgan fingerprint density at radius 1 is 1.41 bits per heavy atom. The Morgan fingerprint density at radius 2 is 2.24 bits per heavy atom. The molecule has 0 aliphatic carbocycles. The summed E-state index contributed by atoms with van der Waals surface area (Å²) in [5.41, 5.74) is 9.59. The van der Waals surface area contributed by atoms with Crippen molar-refractivity contribution in [1.82, 2.24) is 0 Å². The molecule has 2 rings (SSSR count). The van der Waals surface area contributed by atoms with E-state index in [1.807, 2.05) is 19.1 Å². The van der Waals surface area contributed by atoms with Gasteiger partial charge in [0.15, 0.2) is 0 Å². The van der Waals surface area contributed by atoms with Gasteiger partial charge in [-0.15, -0.1) is 0 Å². The number of rotatable bonds is 3. The fourth-order valence-corrected chi connectivity index (χ4v) is 2.06. The molecule has 1 aromatic carbocycles. The number of hydrogen-bond donors (Lipinski definition) is 1. The highest BCUT2D eigenvalue weighted by Crippen LogP contribution is 2.29. The molecule has 1 unspecified atom stereocenters. The monoisotopic (exact) mass is 233 g/mol. The van der Waals surface area contributed by atoms with Crippen molar-refractivity contribution in [3.05, 3.63) is 41.2 Å². The van der Waals surface area contributed by atoms with Crippen molar-refractivity contribution in [1.29, 1.82) is 0 Å². The van der Waals surface area contributed by atoms with E-state index in [4.69, 9.17) is 15.2 Å². The Kier molecular flexibility index (Phi) is 3.69. The van der Waals surface area contributed by atoms with Gasteiger partial charge in [-0.3, -0.25) is 0 Å². The Labute approximate surface area is 102 Å². The lowest BCUT2D eigenvalue weighted by Crippen LogP contribution is -2.16. The highest BCUT2D eigenvalue weighted by molar-refractivity contribution is 5.40. The van der Waals surface area contributed by atoms with Crippen LogP contribution in [0.5, 0.6) is 5.75 Å². The van der Waals surface area contributed by atoms with Crippen LogP contribution in [-0.4, -0.2) is 13.7 Å². The van der Waals surface area contributed by atoms with Crippen molar-refractivity contribution >= 4 is 0 Å². The highest BCUT2D eigenvalue weighted by atomic mass is 16.5. The predicted molar refractivity (Wildman–Crippen MR) is 67.9 cm³/mol. The topological polar surface area (TPSA) is 44.5 Å². The van der Waals surface area contributed by atoms with Crippen LogP contribution in [0.15, 0.2) is 30.0 Å². The second kappa shape index (κ2) is 5.23. The largest absolute Gasteiger partial charge is 0.501 e. The Morgan fingerprint density at radius 3 is 2.88 bits per heavy atom. The zero-order valence-electron chi connectivity index (χ0n) is 10.4. The van der Waals surface area contributed by atoms with Gasteiger partial charge in [0.05, 0.1) is 26.0 Å². The van der Waals surface area contributed by atoms with Crippen molar-refractivity contribution in [3.8, 4) is 5.75 Å². The van der Waals surface area contributed by atoms with Crippen LogP contribution < -0.4 is 10.5 Å². The van der Waals surface area contributed by atoms with E-state index >= 15 is 0 Å². The summed E-state index contributed by atoms with van der Waals surface area (Å²) >= 11 is 0. The minimum atomic E-state index is -0.0928. The first kappa shape index (κ1) is 12.0. The van der Waals surface area contributed by atoms with Crippen LogP contribution in [0.25, 0.3) is 0 Å². The minimum absolute atomic E-state index is 0.0928. The lowest BCUT2D eigenvalue weighted by molar-refractivity contribution is 0.221. The van der Waals surface area contributed by atoms with E-state index in [2.05, 4.69) is 6.07 Å². The third-order valence-electron chi connectivity index (χ3n) is 3.15. The van der Waals surface area contributed by atoms with Crippen molar-refractivity contribution < 1.29 is 9.47 Å². The van der Waals surface area contributed by atoms with E-state index in [1.54, 1.807) is 13.4 Å².